The van der Waals surface area contributed by atoms with Crippen molar-refractivity contribution in [2.45, 2.75) is 115 Å². The summed E-state index contributed by atoms with van der Waals surface area (Å²) in [5.41, 5.74) is 1.53. The van der Waals surface area contributed by atoms with Crippen LogP contribution in [0.3, 0.4) is 0 Å². The normalized spacial score (nSPS) is 17.9. The maximum absolute atomic E-state index is 13.8. The molecule has 3 saturated heterocycles. The van der Waals surface area contributed by atoms with Crippen molar-refractivity contribution in [1.82, 2.24) is 30.0 Å². The molecule has 4 aliphatic rings. The molecule has 0 bridgehead atoms. The zero-order valence-electron chi connectivity index (χ0n) is 44.8. The molecule has 9 rings (SSSR count). The summed E-state index contributed by atoms with van der Waals surface area (Å²) in [6.45, 7) is 17.9. The van der Waals surface area contributed by atoms with Gasteiger partial charge in [-0.05, 0) is 90.7 Å². The number of anilines is 2. The molecule has 3 aromatic carbocycles. The summed E-state index contributed by atoms with van der Waals surface area (Å²) < 4.78 is 64.5. The summed E-state index contributed by atoms with van der Waals surface area (Å²) in [6, 6.07) is 17.7. The van der Waals surface area contributed by atoms with Crippen LogP contribution >= 0.6 is 11.8 Å². The van der Waals surface area contributed by atoms with E-state index in [-0.39, 0.29) is 71.3 Å². The molecule has 0 spiro atoms. The molecule has 0 aliphatic carbocycles. The molecule has 3 fully saturated rings. The lowest BCUT2D eigenvalue weighted by atomic mass is 9.76. The lowest BCUT2D eigenvalue weighted by Gasteiger charge is -2.42. The molecule has 4 aliphatic heterocycles. The zero-order chi connectivity index (χ0) is 56.2. The molecule has 23 heteroatoms. The van der Waals surface area contributed by atoms with E-state index >= 15 is 0 Å². The number of aryl methyl sites for hydroxylation is 2. The summed E-state index contributed by atoms with van der Waals surface area (Å²) in [5.74, 6) is 0.978. The van der Waals surface area contributed by atoms with Crippen molar-refractivity contribution in [3.63, 3.8) is 0 Å². The second kappa shape index (κ2) is 26.7. The Morgan fingerprint density at radius 1 is 1.01 bits per heavy atom. The number of aromatic nitrogens is 4. The number of nitro benzene ring substituents is 1. The Bertz CT molecular complexity index is 2940. The van der Waals surface area contributed by atoms with Gasteiger partial charge in [0, 0.05) is 79.2 Å². The fourth-order valence-corrected chi connectivity index (χ4v) is 11.2. The number of carbonyl (C=O) groups excluding carboxylic acids is 4. The number of alkyl halides is 3. The molecule has 3 N–H and O–H groups in total. The van der Waals surface area contributed by atoms with Crippen LogP contribution in [-0.2, 0) is 63.5 Å². The minimum atomic E-state index is -4.55. The van der Waals surface area contributed by atoms with Gasteiger partial charge in [0.25, 0.3) is 17.5 Å². The van der Waals surface area contributed by atoms with Gasteiger partial charge in [0.2, 0.25) is 11.8 Å². The number of carbonyl (C=O) groups is 4. The number of fused-ring (bicyclic) bond motifs is 1. The summed E-state index contributed by atoms with van der Waals surface area (Å²) in [6.07, 6.45) is 0.500. The highest BCUT2D eigenvalue weighted by Crippen LogP contribution is 2.42. The first-order chi connectivity index (χ1) is 36.8. The van der Waals surface area contributed by atoms with Gasteiger partial charge in [0.15, 0.2) is 11.0 Å². The fourth-order valence-electron chi connectivity index (χ4n) is 9.55. The van der Waals surface area contributed by atoms with Crippen LogP contribution in [0.15, 0.2) is 83.0 Å². The second-order valence-electron chi connectivity index (χ2n) is 18.9. The number of halogens is 3. The molecular formula is C54H68F3N10O8S2+. The lowest BCUT2D eigenvalue weighted by Crippen LogP contribution is -3.12. The van der Waals surface area contributed by atoms with Crippen LogP contribution in [0.2, 0.25) is 0 Å². The van der Waals surface area contributed by atoms with E-state index < -0.39 is 45.2 Å². The van der Waals surface area contributed by atoms with Crippen molar-refractivity contribution in [1.29, 1.82) is 0 Å². The molecule has 2 aromatic heterocycles. The molecule has 6 heterocycles. The van der Waals surface area contributed by atoms with E-state index in [0.29, 0.717) is 41.7 Å². The highest BCUT2D eigenvalue weighted by Gasteiger charge is 2.44. The number of thioether (sulfide) groups is 1. The number of pyridine rings is 1. The molecule has 414 valence electrons. The van der Waals surface area contributed by atoms with Crippen molar-refractivity contribution < 1.29 is 51.1 Å². The van der Waals surface area contributed by atoms with E-state index in [2.05, 4.69) is 32.1 Å². The Balaban J connectivity index is 0.000000235. The first kappa shape index (κ1) is 59.7. The van der Waals surface area contributed by atoms with Gasteiger partial charge in [-0.15, -0.1) is 22.0 Å². The smallest absolute Gasteiger partial charge is 0.379 e. The van der Waals surface area contributed by atoms with Crippen molar-refractivity contribution in [2.24, 2.45) is 13.0 Å². The molecule has 4 amide bonds. The third-order valence-electron chi connectivity index (χ3n) is 13.4. The number of nitrogens with one attached hydrogen (secondary N) is 3. The second-order valence-corrected chi connectivity index (χ2v) is 21.3. The summed E-state index contributed by atoms with van der Waals surface area (Å²) >= 11 is 1.52. The summed E-state index contributed by atoms with van der Waals surface area (Å²) in [7, 11) is -0.0568. The van der Waals surface area contributed by atoms with Gasteiger partial charge in [0.1, 0.15) is 29.4 Å². The monoisotopic (exact) mass is 1110 g/mol. The Labute approximate surface area is 453 Å². The van der Waals surface area contributed by atoms with Crippen LogP contribution in [0.4, 0.5) is 30.4 Å². The standard InChI is InChI=1S/C26H31N5O6S.C24H24F3N5O2S.2C2H6/c1-18-3-2-13-29(16-18)17-19-4-7-21(8-5-19)28-38(37)23-9-6-20(15-22(23)31(35)36)26(34)27-12-14-30-24(32)10-11-25(30)33;1-4-35-21-8-15(23(11-34-12-23)9-20-30-28-13-31(20)3)7-19(29-21)32-10-17-16(22(32)33)5-14(2)6-18(17)24(25,26)27;2*1-2/h4-9,15,18,28H,2-3,10-14,16-17H2,1H3,(H,27,34);5-8,13H,4,9-12H2,1-3H3;2*1-2H3/p+1/t18-,38?;;;/m0.../s1. The summed E-state index contributed by atoms with van der Waals surface area (Å²) in [4.78, 5) is 68.7. The van der Waals surface area contributed by atoms with Gasteiger partial charge >= 0.3 is 6.18 Å². The molecule has 0 radical (unpaired) electrons. The van der Waals surface area contributed by atoms with Gasteiger partial charge in [-0.25, -0.2) is 9.19 Å². The van der Waals surface area contributed by atoms with E-state index in [4.69, 9.17) is 4.74 Å². The maximum atomic E-state index is 13.8. The number of piperidine rings is 1. The van der Waals surface area contributed by atoms with E-state index in [1.54, 1.807) is 18.2 Å². The van der Waals surface area contributed by atoms with Crippen LogP contribution in [-0.4, -0.2) is 103 Å². The zero-order valence-corrected chi connectivity index (χ0v) is 46.4. The number of rotatable bonds is 16. The van der Waals surface area contributed by atoms with Crippen LogP contribution < -0.4 is 19.8 Å². The molecule has 2 unspecified atom stereocenters. The predicted molar refractivity (Wildman–Crippen MR) is 288 cm³/mol. The van der Waals surface area contributed by atoms with E-state index in [1.807, 2.05) is 82.6 Å². The van der Waals surface area contributed by atoms with Gasteiger partial charge < -0.3 is 24.2 Å². The van der Waals surface area contributed by atoms with Crippen LogP contribution in [0.25, 0.3) is 0 Å². The average molecular weight is 1110 g/mol. The topological polar surface area (TPSA) is 216 Å². The van der Waals surface area contributed by atoms with Crippen molar-refractivity contribution in [3.05, 3.63) is 128 Å². The molecule has 77 heavy (non-hydrogen) atoms. The van der Waals surface area contributed by atoms with Gasteiger partial charge in [-0.3, -0.25) is 39.1 Å². The highest BCUT2D eigenvalue weighted by molar-refractivity contribution is 7.99. The minimum absolute atomic E-state index is 0.00854. The number of benzene rings is 3. The Morgan fingerprint density at radius 2 is 1.71 bits per heavy atom. The predicted octanol–water partition coefficient (Wildman–Crippen LogP) is 7.80. The number of hydrogen-bond acceptors (Lipinski definition) is 12. The van der Waals surface area contributed by atoms with Gasteiger partial charge in [-0.1, -0.05) is 53.7 Å². The third kappa shape index (κ3) is 14.5. The average Bonchev–Trinajstić information content (AvgIpc) is 4.08. The number of imide groups is 1. The largest absolute Gasteiger partial charge is 0.416 e. The lowest BCUT2D eigenvalue weighted by molar-refractivity contribution is -0.922. The van der Waals surface area contributed by atoms with Gasteiger partial charge in [0.05, 0.1) is 48.4 Å². The van der Waals surface area contributed by atoms with E-state index in [9.17, 15) is 46.7 Å². The first-order valence-electron chi connectivity index (χ1n) is 25.9. The SMILES string of the molecule is CC.CC.CCSc1cc(C2(Cc3nncn3C)COC2)cc(N2Cc3c(cc(C)cc3C(F)(F)F)C2=O)n1.C[C@H]1CCC[NH+](Cc2ccc(NS(=O)c3ccc(C(=O)NCCN4C(=O)CCC4=O)cc3[N+](=O)[O-])cc2)C1. The molecular weight excluding hydrogens is 1040 g/mol. The van der Waals surface area contributed by atoms with Crippen molar-refractivity contribution >= 4 is 63.6 Å². The number of nitrogens with zero attached hydrogens (tertiary/aromatic N) is 7. The summed E-state index contributed by atoms with van der Waals surface area (Å²) in [5, 5.41) is 23.1. The minimum Gasteiger partial charge on any atom is -0.379 e. The Kier molecular flexibility index (Phi) is 20.7. The van der Waals surface area contributed by atoms with Crippen LogP contribution in [0.1, 0.15) is 122 Å². The third-order valence-corrected chi connectivity index (χ3v) is 15.4. The molecule has 3 atom stereocenters. The molecule has 0 saturated carbocycles. The first-order valence-corrected chi connectivity index (χ1v) is 28.1. The number of hydrogen-bond donors (Lipinski definition) is 3. The number of nitro groups is 1. The number of amides is 4. The number of likely N-dealkylation sites (tertiary alicyclic amines) is 2. The maximum Gasteiger partial charge on any atom is 0.416 e. The van der Waals surface area contributed by atoms with Gasteiger partial charge in [-0.2, -0.15) is 13.2 Å². The molecule has 18 nitrogen and oxygen atoms in total. The van der Waals surface area contributed by atoms with Crippen LogP contribution in [0.5, 0.6) is 0 Å². The molecule has 5 aromatic rings. The number of ether oxygens (including phenoxy) is 1. The van der Waals surface area contributed by atoms with E-state index in [1.165, 1.54) is 53.3 Å². The van der Waals surface area contributed by atoms with Crippen molar-refractivity contribution in [3.8, 4) is 0 Å². The quantitative estimate of drug-likeness (QED) is 0.0374. The van der Waals surface area contributed by atoms with Crippen molar-refractivity contribution in [2.75, 3.05) is 54.8 Å². The van der Waals surface area contributed by atoms with E-state index in [0.717, 1.165) is 59.7 Å². The highest BCUT2D eigenvalue weighted by atomic mass is 32.2. The Hall–Kier alpha value is -6.56. The number of quaternary nitrogens is 1. The Morgan fingerprint density at radius 3 is 2.31 bits per heavy atom. The van der Waals surface area contributed by atoms with Crippen LogP contribution in [0, 0.1) is 23.0 Å². The fraction of sp³-hybridized carbons (Fsp3) is 0.463.